The van der Waals surface area contributed by atoms with Crippen LogP contribution < -0.4 is 5.32 Å². The van der Waals surface area contributed by atoms with Crippen molar-refractivity contribution in [2.75, 3.05) is 26.4 Å². The van der Waals surface area contributed by atoms with E-state index >= 15 is 0 Å². The first-order valence-electron chi connectivity index (χ1n) is 8.31. The number of thioether (sulfide) groups is 1. The van der Waals surface area contributed by atoms with E-state index in [-0.39, 0.29) is 11.8 Å². The van der Waals surface area contributed by atoms with Crippen LogP contribution in [0.2, 0.25) is 0 Å². The van der Waals surface area contributed by atoms with Gasteiger partial charge in [-0.05, 0) is 36.4 Å². The first-order chi connectivity index (χ1) is 12.6. The summed E-state index contributed by atoms with van der Waals surface area (Å²) in [5.74, 6) is 6.61. The molecule has 0 spiro atoms. The topological polar surface area (TPSA) is 49.4 Å². The normalized spacial score (nSPS) is 9.77. The molecular formula is C21H22N2O2S. The summed E-state index contributed by atoms with van der Waals surface area (Å²) in [4.78, 5) is 26.3. The monoisotopic (exact) mass is 366 g/mol. The number of amides is 2. The van der Waals surface area contributed by atoms with Gasteiger partial charge >= 0.3 is 0 Å². The van der Waals surface area contributed by atoms with Crippen molar-refractivity contribution in [3.05, 3.63) is 65.7 Å². The average molecular weight is 366 g/mol. The summed E-state index contributed by atoms with van der Waals surface area (Å²) in [7, 11) is 3.44. The number of hydrogen-bond donors (Lipinski definition) is 1. The third kappa shape index (κ3) is 6.66. The molecule has 0 saturated heterocycles. The van der Waals surface area contributed by atoms with Crippen molar-refractivity contribution in [2.24, 2.45) is 0 Å². The maximum Gasteiger partial charge on any atom is 0.253 e. The number of carbonyl (C=O) groups excluding carboxylic acids is 2. The lowest BCUT2D eigenvalue weighted by atomic mass is 10.1. The molecule has 26 heavy (non-hydrogen) atoms. The Bertz CT molecular complexity index is 790. The molecule has 0 fully saturated rings. The van der Waals surface area contributed by atoms with Crippen LogP contribution in [0.1, 0.15) is 22.3 Å². The highest BCUT2D eigenvalue weighted by Gasteiger charge is 2.06. The highest BCUT2D eigenvalue weighted by atomic mass is 32.2. The van der Waals surface area contributed by atoms with Gasteiger partial charge in [-0.3, -0.25) is 9.59 Å². The standard InChI is InChI=1S/C21H22N2O2S/c1-23(2)21(25)18-12-10-17(11-13-18)7-6-15-22-20(24)14-16-26-19-8-4-3-5-9-19/h3-5,8-13H,14-16H2,1-2H3,(H,22,24). The first-order valence-corrected chi connectivity index (χ1v) is 9.30. The lowest BCUT2D eigenvalue weighted by molar-refractivity contribution is -0.120. The van der Waals surface area contributed by atoms with Crippen molar-refractivity contribution in [1.82, 2.24) is 10.2 Å². The van der Waals surface area contributed by atoms with Crippen LogP contribution in [0, 0.1) is 11.8 Å². The van der Waals surface area contributed by atoms with Crippen LogP contribution in [0.3, 0.4) is 0 Å². The van der Waals surface area contributed by atoms with Gasteiger partial charge in [-0.15, -0.1) is 11.8 Å². The molecule has 0 aliphatic heterocycles. The Labute approximate surface area is 159 Å². The van der Waals surface area contributed by atoms with E-state index in [0.717, 1.165) is 16.2 Å². The zero-order valence-electron chi connectivity index (χ0n) is 15.0. The van der Waals surface area contributed by atoms with Crippen molar-refractivity contribution in [1.29, 1.82) is 0 Å². The van der Waals surface area contributed by atoms with Gasteiger partial charge in [-0.1, -0.05) is 30.0 Å². The molecule has 0 aromatic heterocycles. The van der Waals surface area contributed by atoms with E-state index in [2.05, 4.69) is 17.2 Å². The third-order valence-electron chi connectivity index (χ3n) is 3.49. The summed E-state index contributed by atoms with van der Waals surface area (Å²) in [5, 5.41) is 2.80. The van der Waals surface area contributed by atoms with E-state index in [0.29, 0.717) is 18.5 Å². The van der Waals surface area contributed by atoms with Crippen LogP contribution in [0.25, 0.3) is 0 Å². The van der Waals surface area contributed by atoms with Crippen LogP contribution in [0.4, 0.5) is 0 Å². The van der Waals surface area contributed by atoms with E-state index in [1.54, 1.807) is 38.0 Å². The van der Waals surface area contributed by atoms with Crippen molar-refractivity contribution in [3.63, 3.8) is 0 Å². The number of nitrogens with zero attached hydrogens (tertiary/aromatic N) is 1. The smallest absolute Gasteiger partial charge is 0.253 e. The Balaban J connectivity index is 1.71. The number of carbonyl (C=O) groups is 2. The molecule has 5 heteroatoms. The SMILES string of the molecule is CN(C)C(=O)c1ccc(C#CCNC(=O)CCSc2ccccc2)cc1. The van der Waals surface area contributed by atoms with Crippen LogP contribution in [-0.4, -0.2) is 43.1 Å². The number of hydrogen-bond acceptors (Lipinski definition) is 3. The van der Waals surface area contributed by atoms with Crippen molar-refractivity contribution in [2.45, 2.75) is 11.3 Å². The van der Waals surface area contributed by atoms with Crippen LogP contribution in [0.15, 0.2) is 59.5 Å². The molecule has 4 nitrogen and oxygen atoms in total. The van der Waals surface area contributed by atoms with E-state index < -0.39 is 0 Å². The molecule has 0 saturated carbocycles. The fraction of sp³-hybridized carbons (Fsp3) is 0.238. The highest BCUT2D eigenvalue weighted by molar-refractivity contribution is 7.99. The van der Waals surface area contributed by atoms with Gasteiger partial charge in [0.2, 0.25) is 5.91 Å². The van der Waals surface area contributed by atoms with Crippen molar-refractivity contribution < 1.29 is 9.59 Å². The molecular weight excluding hydrogens is 344 g/mol. The van der Waals surface area contributed by atoms with Crippen molar-refractivity contribution in [3.8, 4) is 11.8 Å². The molecule has 0 unspecified atom stereocenters. The van der Waals surface area contributed by atoms with E-state index in [1.165, 1.54) is 4.90 Å². The lowest BCUT2D eigenvalue weighted by Gasteiger charge is -2.09. The average Bonchev–Trinajstić information content (AvgIpc) is 2.66. The molecule has 2 rings (SSSR count). The minimum atomic E-state index is -0.0369. The summed E-state index contributed by atoms with van der Waals surface area (Å²) in [6.07, 6.45) is 0.461. The Morgan fingerprint density at radius 3 is 2.38 bits per heavy atom. The Kier molecular flexibility index (Phi) is 7.78. The van der Waals surface area contributed by atoms with Gasteiger partial charge in [0.25, 0.3) is 5.91 Å². The maximum atomic E-state index is 11.8. The van der Waals surface area contributed by atoms with Gasteiger partial charge in [-0.25, -0.2) is 0 Å². The summed E-state index contributed by atoms with van der Waals surface area (Å²) in [6, 6.07) is 17.1. The highest BCUT2D eigenvalue weighted by Crippen LogP contribution is 2.17. The molecule has 0 atom stereocenters. The van der Waals surface area contributed by atoms with Crippen LogP contribution in [0.5, 0.6) is 0 Å². The molecule has 1 N–H and O–H groups in total. The van der Waals surface area contributed by atoms with Gasteiger partial charge in [-0.2, -0.15) is 0 Å². The molecule has 2 aromatic rings. The number of nitrogens with one attached hydrogen (secondary N) is 1. The van der Waals surface area contributed by atoms with E-state index in [9.17, 15) is 9.59 Å². The molecule has 0 aliphatic rings. The van der Waals surface area contributed by atoms with Gasteiger partial charge in [0.05, 0.1) is 6.54 Å². The minimum Gasteiger partial charge on any atom is -0.345 e. The third-order valence-corrected chi connectivity index (χ3v) is 4.50. The van der Waals surface area contributed by atoms with Crippen molar-refractivity contribution >= 4 is 23.6 Å². The van der Waals surface area contributed by atoms with Gasteiger partial charge in [0.1, 0.15) is 0 Å². The predicted molar refractivity (Wildman–Crippen MR) is 106 cm³/mol. The molecule has 0 heterocycles. The van der Waals surface area contributed by atoms with E-state index in [4.69, 9.17) is 0 Å². The molecule has 0 radical (unpaired) electrons. The quantitative estimate of drug-likeness (QED) is 0.631. The molecule has 0 bridgehead atoms. The lowest BCUT2D eigenvalue weighted by Crippen LogP contribution is -2.23. The zero-order chi connectivity index (χ0) is 18.8. The minimum absolute atomic E-state index is 0.00495. The fourth-order valence-electron chi connectivity index (χ4n) is 2.11. The fourth-order valence-corrected chi connectivity index (χ4v) is 2.98. The first kappa shape index (κ1) is 19.6. The molecule has 0 aliphatic carbocycles. The Hall–Kier alpha value is -2.71. The summed E-state index contributed by atoms with van der Waals surface area (Å²) in [6.45, 7) is 0.313. The van der Waals surface area contributed by atoms with Crippen LogP contribution in [-0.2, 0) is 4.79 Å². The Morgan fingerprint density at radius 1 is 1.04 bits per heavy atom. The largest absolute Gasteiger partial charge is 0.345 e. The van der Waals surface area contributed by atoms with Gasteiger partial charge < -0.3 is 10.2 Å². The van der Waals surface area contributed by atoms with Crippen LogP contribution >= 0.6 is 11.8 Å². The zero-order valence-corrected chi connectivity index (χ0v) is 15.8. The summed E-state index contributed by atoms with van der Waals surface area (Å²) < 4.78 is 0. The summed E-state index contributed by atoms with van der Waals surface area (Å²) >= 11 is 1.66. The summed E-state index contributed by atoms with van der Waals surface area (Å²) in [5.41, 5.74) is 1.44. The van der Waals surface area contributed by atoms with Gasteiger partial charge in [0, 0.05) is 42.3 Å². The second-order valence-corrected chi connectivity index (χ2v) is 6.94. The molecule has 2 aromatic carbocycles. The van der Waals surface area contributed by atoms with Gasteiger partial charge in [0.15, 0.2) is 0 Å². The molecule has 134 valence electrons. The maximum absolute atomic E-state index is 11.8. The van der Waals surface area contributed by atoms with E-state index in [1.807, 2.05) is 42.5 Å². The number of rotatable bonds is 6. The second-order valence-electron chi connectivity index (χ2n) is 5.77. The Morgan fingerprint density at radius 2 is 1.73 bits per heavy atom. The predicted octanol–water partition coefficient (Wildman–Crippen LogP) is 3.04. The second kappa shape index (κ2) is 10.3. The molecule has 2 amide bonds. The number of benzene rings is 2.